The van der Waals surface area contributed by atoms with Crippen molar-refractivity contribution in [2.75, 3.05) is 28.8 Å². The summed E-state index contributed by atoms with van der Waals surface area (Å²) in [6.45, 7) is 2.06. The van der Waals surface area contributed by atoms with Gasteiger partial charge in [-0.1, -0.05) is 0 Å². The van der Waals surface area contributed by atoms with Crippen molar-refractivity contribution in [3.05, 3.63) is 60.2 Å². The molecule has 1 aliphatic heterocycles. The summed E-state index contributed by atoms with van der Waals surface area (Å²) in [5.41, 5.74) is 7.52. The van der Waals surface area contributed by atoms with Gasteiger partial charge in [-0.25, -0.2) is 0 Å². The van der Waals surface area contributed by atoms with Gasteiger partial charge in [-0.3, -0.25) is 0 Å². The number of hydrogen-bond donors (Lipinski definition) is 2. The van der Waals surface area contributed by atoms with Gasteiger partial charge >= 0.3 is 155 Å². The summed E-state index contributed by atoms with van der Waals surface area (Å²) >= 11 is 0.226. The van der Waals surface area contributed by atoms with E-state index >= 15 is 0 Å². The quantitative estimate of drug-likeness (QED) is 0.228. The van der Waals surface area contributed by atoms with Gasteiger partial charge in [0.05, 0.1) is 0 Å². The Labute approximate surface area is 154 Å². The molecular formula is C19H24IN4-. The van der Waals surface area contributed by atoms with Gasteiger partial charge in [0.1, 0.15) is 0 Å². The molecule has 0 amide bonds. The van der Waals surface area contributed by atoms with E-state index < -0.39 is 0 Å². The Morgan fingerprint density at radius 1 is 1.25 bits per heavy atom. The van der Waals surface area contributed by atoms with Crippen molar-refractivity contribution in [3.63, 3.8) is 0 Å². The molecule has 0 fully saturated rings. The van der Waals surface area contributed by atoms with Crippen LogP contribution in [-0.2, 0) is 0 Å². The summed E-state index contributed by atoms with van der Waals surface area (Å²) in [5.74, 6) is 0.660. The Morgan fingerprint density at radius 3 is 2.83 bits per heavy atom. The molecule has 1 aromatic rings. The Morgan fingerprint density at radius 2 is 2.08 bits per heavy atom. The maximum atomic E-state index is 4.57. The second kappa shape index (κ2) is 7.88. The molecule has 1 heterocycles. The summed E-state index contributed by atoms with van der Waals surface area (Å²) in [5, 5.41) is 9.71. The first-order chi connectivity index (χ1) is 11.7. The monoisotopic (exact) mass is 435 g/mol. The molecular weight excluding hydrogens is 411 g/mol. The topological polar surface area (TPSA) is 39.7 Å². The molecule has 0 bridgehead atoms. The summed E-state index contributed by atoms with van der Waals surface area (Å²) < 4.78 is 2.06. The van der Waals surface area contributed by atoms with Crippen molar-refractivity contribution in [2.24, 2.45) is 11.0 Å². The average Bonchev–Trinajstić information content (AvgIpc) is 2.59. The number of halogens is 1. The molecule has 1 aliphatic carbocycles. The molecule has 128 valence electrons. The molecule has 0 spiro atoms. The number of hydrazone groups is 1. The molecule has 3 rings (SSSR count). The van der Waals surface area contributed by atoms with E-state index in [-0.39, 0.29) is 21.2 Å². The maximum absolute atomic E-state index is 4.57. The molecule has 2 atom stereocenters. The van der Waals surface area contributed by atoms with Crippen molar-refractivity contribution in [2.45, 2.75) is 10.8 Å². The van der Waals surface area contributed by atoms with Crippen molar-refractivity contribution in [1.29, 1.82) is 0 Å². The molecule has 1 unspecified atom stereocenters. The second-order valence-corrected chi connectivity index (χ2v) is 9.06. The Hall–Kier alpha value is -1.76. The van der Waals surface area contributed by atoms with Gasteiger partial charge in [0.15, 0.2) is 0 Å². The molecule has 0 aromatic heterocycles. The molecule has 24 heavy (non-hydrogen) atoms. The zero-order valence-corrected chi connectivity index (χ0v) is 16.5. The van der Waals surface area contributed by atoms with Crippen LogP contribution in [0.3, 0.4) is 0 Å². The Kier molecular flexibility index (Phi) is 5.60. The van der Waals surface area contributed by atoms with Crippen LogP contribution < -0.4 is 37.1 Å². The van der Waals surface area contributed by atoms with Crippen LogP contribution in [0.2, 0.25) is 0 Å². The van der Waals surface area contributed by atoms with E-state index in [2.05, 4.69) is 65.4 Å². The minimum atomic E-state index is 0.226. The molecule has 0 saturated heterocycles. The molecule has 0 radical (unpaired) electrons. The number of nitrogens with zero attached hydrogens (tertiary/aromatic N) is 2. The van der Waals surface area contributed by atoms with Crippen LogP contribution in [-0.4, -0.2) is 28.2 Å². The number of benzene rings is 1. The first kappa shape index (κ1) is 17.1. The summed E-state index contributed by atoms with van der Waals surface area (Å²) in [7, 11) is 3.90. The molecule has 2 aliphatic rings. The number of hydrazine groups is 1. The fourth-order valence-electron chi connectivity index (χ4n) is 2.68. The van der Waals surface area contributed by atoms with Crippen molar-refractivity contribution in [3.8, 4) is 0 Å². The standard InChI is InChI=1S/C19H24IN4/c1-14(15-8-9-16-10-11-17(16)20-13-12-15)22-23-24(3)19-7-5-4-6-18(19)21-2/h4-12,16-17,21,23H,13H2,1-3H3/q-1/b9-8?,15-12?,22-14+/t16-,17?/m0/s1. The number of allylic oxidation sites excluding steroid dienone is 6. The first-order valence-electron chi connectivity index (χ1n) is 8.14. The van der Waals surface area contributed by atoms with Gasteiger partial charge in [-0.05, 0) is 0 Å². The molecule has 4 nitrogen and oxygen atoms in total. The summed E-state index contributed by atoms with van der Waals surface area (Å²) in [6.07, 6.45) is 11.6. The number of nitrogens with one attached hydrogen (secondary N) is 2. The fraction of sp³-hybridized carbons (Fsp3) is 0.316. The van der Waals surface area contributed by atoms with Crippen molar-refractivity contribution < 1.29 is 21.2 Å². The van der Waals surface area contributed by atoms with E-state index in [1.807, 2.05) is 31.2 Å². The van der Waals surface area contributed by atoms with E-state index in [0.717, 1.165) is 21.0 Å². The van der Waals surface area contributed by atoms with Crippen LogP contribution in [0.5, 0.6) is 0 Å². The Balaban J connectivity index is 1.68. The molecule has 0 saturated carbocycles. The van der Waals surface area contributed by atoms with Crippen LogP contribution in [0.15, 0.2) is 65.3 Å². The van der Waals surface area contributed by atoms with Gasteiger partial charge in [-0.2, -0.15) is 0 Å². The molecule has 1 aromatic carbocycles. The van der Waals surface area contributed by atoms with Crippen LogP contribution in [0.4, 0.5) is 11.4 Å². The van der Waals surface area contributed by atoms with E-state index in [1.54, 1.807) is 0 Å². The third-order valence-electron chi connectivity index (χ3n) is 4.27. The zero-order chi connectivity index (χ0) is 16.9. The number of rotatable bonds is 5. The van der Waals surface area contributed by atoms with Gasteiger partial charge in [0, 0.05) is 0 Å². The van der Waals surface area contributed by atoms with Gasteiger partial charge in [0.2, 0.25) is 0 Å². The third kappa shape index (κ3) is 3.83. The van der Waals surface area contributed by atoms with Crippen LogP contribution in [0, 0.1) is 5.92 Å². The van der Waals surface area contributed by atoms with Gasteiger partial charge in [0.25, 0.3) is 0 Å². The average molecular weight is 435 g/mol. The number of alkyl halides is 2. The van der Waals surface area contributed by atoms with Crippen molar-refractivity contribution in [1.82, 2.24) is 5.53 Å². The fourth-order valence-corrected chi connectivity index (χ4v) is 5.59. The third-order valence-corrected chi connectivity index (χ3v) is 7.48. The second-order valence-electron chi connectivity index (χ2n) is 5.86. The summed E-state index contributed by atoms with van der Waals surface area (Å²) in [4.78, 5) is 0. The number of fused-ring (bicyclic) bond motifs is 1. The normalized spacial score (nSPS) is 23.0. The summed E-state index contributed by atoms with van der Waals surface area (Å²) in [6, 6.07) is 8.16. The number of para-hydroxylation sites is 2. The van der Waals surface area contributed by atoms with Crippen LogP contribution in [0.1, 0.15) is 6.92 Å². The SMILES string of the molecule is CNc1ccccc1N(C)N/N=C(\C)C1=CC[I-]C2C=C[C@@H]2C=C1. The van der Waals surface area contributed by atoms with Gasteiger partial charge in [-0.15, -0.1) is 0 Å². The van der Waals surface area contributed by atoms with E-state index in [9.17, 15) is 0 Å². The Bertz CT molecular complexity index is 705. The van der Waals surface area contributed by atoms with Crippen molar-refractivity contribution >= 4 is 17.1 Å². The van der Waals surface area contributed by atoms with Crippen LogP contribution >= 0.6 is 0 Å². The predicted molar refractivity (Wildman–Crippen MR) is 99.1 cm³/mol. The van der Waals surface area contributed by atoms with E-state index in [0.29, 0.717) is 5.92 Å². The first-order valence-corrected chi connectivity index (χ1v) is 10.9. The number of hydrogen-bond acceptors (Lipinski definition) is 4. The number of anilines is 2. The van der Waals surface area contributed by atoms with Crippen LogP contribution in [0.25, 0.3) is 0 Å². The predicted octanol–water partition coefficient (Wildman–Crippen LogP) is 0.185. The zero-order valence-electron chi connectivity index (χ0n) is 14.3. The van der Waals surface area contributed by atoms with E-state index in [1.165, 1.54) is 10.0 Å². The minimum absolute atomic E-state index is 0.226. The molecule has 5 heteroatoms. The van der Waals surface area contributed by atoms with Gasteiger partial charge < -0.3 is 0 Å². The molecule has 2 N–H and O–H groups in total. The van der Waals surface area contributed by atoms with E-state index in [4.69, 9.17) is 0 Å².